The van der Waals surface area contributed by atoms with Crippen LogP contribution in [-0.4, -0.2) is 49.3 Å². The Morgan fingerprint density at radius 2 is 2.11 bits per heavy atom. The average molecular weight is 269 g/mol. The Balaban J connectivity index is 1.74. The molecule has 4 heteroatoms. The zero-order chi connectivity index (χ0) is 13.7. The van der Waals surface area contributed by atoms with E-state index in [1.54, 1.807) is 0 Å². The van der Waals surface area contributed by atoms with Crippen molar-refractivity contribution in [3.8, 4) is 0 Å². The third-order valence-electron chi connectivity index (χ3n) is 4.62. The van der Waals surface area contributed by atoms with Crippen molar-refractivity contribution in [1.29, 1.82) is 0 Å². The third kappa shape index (κ3) is 3.93. The van der Waals surface area contributed by atoms with Crippen LogP contribution < -0.4 is 0 Å². The van der Waals surface area contributed by atoms with Gasteiger partial charge in [-0.05, 0) is 32.2 Å². The number of carbonyl (C=O) groups excluding carboxylic acids is 1. The summed E-state index contributed by atoms with van der Waals surface area (Å²) in [5.41, 5.74) is 0.215. The molecule has 110 valence electrons. The van der Waals surface area contributed by atoms with Crippen LogP contribution in [0.2, 0.25) is 0 Å². The number of likely N-dealkylation sites (N-methyl/N-ethyl adjacent to an activating group) is 1. The molecule has 0 radical (unpaired) electrons. The van der Waals surface area contributed by atoms with Gasteiger partial charge in [-0.1, -0.05) is 19.8 Å². The Morgan fingerprint density at radius 1 is 1.37 bits per heavy atom. The fourth-order valence-corrected chi connectivity index (χ4v) is 3.43. The molecule has 1 unspecified atom stereocenters. The van der Waals surface area contributed by atoms with Crippen molar-refractivity contribution in [3.05, 3.63) is 0 Å². The van der Waals surface area contributed by atoms with E-state index >= 15 is 0 Å². The minimum atomic E-state index is -0.127. The Morgan fingerprint density at radius 3 is 2.74 bits per heavy atom. The van der Waals surface area contributed by atoms with Crippen LogP contribution in [0, 0.1) is 0 Å². The zero-order valence-electron chi connectivity index (χ0n) is 12.3. The molecule has 1 spiro atoms. The van der Waals surface area contributed by atoms with Gasteiger partial charge in [0, 0.05) is 13.1 Å². The molecule has 0 bridgehead atoms. The number of hydrogen-bond donors (Lipinski definition) is 0. The van der Waals surface area contributed by atoms with E-state index in [4.69, 9.17) is 9.47 Å². The molecule has 2 rings (SSSR count). The second-order valence-electron chi connectivity index (χ2n) is 5.89. The maximum atomic E-state index is 11.2. The van der Waals surface area contributed by atoms with Gasteiger partial charge >= 0.3 is 5.97 Å². The van der Waals surface area contributed by atoms with E-state index in [9.17, 15) is 4.79 Å². The summed E-state index contributed by atoms with van der Waals surface area (Å²) >= 11 is 0. The molecule has 0 amide bonds. The molecule has 0 aromatic rings. The largest absolute Gasteiger partial charge is 0.469 e. The van der Waals surface area contributed by atoms with Crippen LogP contribution in [0.4, 0.5) is 0 Å². The van der Waals surface area contributed by atoms with E-state index in [1.807, 2.05) is 0 Å². The molecule has 2 fully saturated rings. The predicted molar refractivity (Wildman–Crippen MR) is 74.1 cm³/mol. The molecule has 1 atom stereocenters. The van der Waals surface area contributed by atoms with Crippen LogP contribution in [0.5, 0.6) is 0 Å². The van der Waals surface area contributed by atoms with Gasteiger partial charge in [-0.15, -0.1) is 0 Å². The Hall–Kier alpha value is -0.610. The summed E-state index contributed by atoms with van der Waals surface area (Å²) in [5.74, 6) is -0.127. The molecular weight excluding hydrogens is 242 g/mol. The van der Waals surface area contributed by atoms with Crippen LogP contribution in [0.3, 0.4) is 0 Å². The van der Waals surface area contributed by atoms with Crippen molar-refractivity contribution >= 4 is 5.97 Å². The fraction of sp³-hybridized carbons (Fsp3) is 0.933. The van der Waals surface area contributed by atoms with Crippen LogP contribution in [-0.2, 0) is 14.3 Å². The zero-order valence-corrected chi connectivity index (χ0v) is 12.3. The first-order valence-electron chi connectivity index (χ1n) is 7.64. The molecule has 1 saturated heterocycles. The van der Waals surface area contributed by atoms with Gasteiger partial charge in [0.1, 0.15) is 0 Å². The van der Waals surface area contributed by atoms with E-state index in [0.29, 0.717) is 12.5 Å². The number of ether oxygens (including phenoxy) is 2. The molecule has 1 heterocycles. The summed E-state index contributed by atoms with van der Waals surface area (Å²) in [7, 11) is 1.45. The van der Waals surface area contributed by atoms with Gasteiger partial charge in [0.15, 0.2) is 0 Å². The smallest absolute Gasteiger partial charge is 0.306 e. The van der Waals surface area contributed by atoms with Gasteiger partial charge in [-0.2, -0.15) is 0 Å². The standard InChI is InChI=1S/C15H27NO3/c1-3-16(11-7-14(17)18-2)12-13-6-10-15(19-13)8-4-5-9-15/h13H,3-12H2,1-2H3. The summed E-state index contributed by atoms with van der Waals surface area (Å²) in [5, 5.41) is 0. The number of rotatable bonds is 6. The molecule has 0 aromatic heterocycles. The monoisotopic (exact) mass is 269 g/mol. The first-order valence-corrected chi connectivity index (χ1v) is 7.64. The van der Waals surface area contributed by atoms with Crippen LogP contribution in [0.25, 0.3) is 0 Å². The van der Waals surface area contributed by atoms with Gasteiger partial charge in [0.05, 0.1) is 25.2 Å². The van der Waals surface area contributed by atoms with Gasteiger partial charge in [-0.25, -0.2) is 0 Å². The molecular formula is C15H27NO3. The number of esters is 1. The normalized spacial score (nSPS) is 25.3. The molecule has 1 aliphatic carbocycles. The van der Waals surface area contributed by atoms with Crippen molar-refractivity contribution < 1.29 is 14.3 Å². The quantitative estimate of drug-likeness (QED) is 0.694. The Labute approximate surface area is 116 Å². The Kier molecular flexibility index (Phi) is 5.22. The second kappa shape index (κ2) is 6.71. The van der Waals surface area contributed by atoms with Gasteiger partial charge < -0.3 is 14.4 Å². The number of hydrogen-bond acceptors (Lipinski definition) is 4. The number of nitrogens with zero attached hydrogens (tertiary/aromatic N) is 1. The topological polar surface area (TPSA) is 38.8 Å². The van der Waals surface area contributed by atoms with Crippen LogP contribution in [0.1, 0.15) is 51.9 Å². The van der Waals surface area contributed by atoms with Crippen molar-refractivity contribution in [2.75, 3.05) is 26.7 Å². The summed E-state index contributed by atoms with van der Waals surface area (Å²) in [6.07, 6.45) is 8.38. The van der Waals surface area contributed by atoms with Crippen LogP contribution >= 0.6 is 0 Å². The average Bonchev–Trinajstić information content (AvgIpc) is 3.05. The molecule has 19 heavy (non-hydrogen) atoms. The molecule has 1 saturated carbocycles. The van der Waals surface area contributed by atoms with Crippen LogP contribution in [0.15, 0.2) is 0 Å². The highest BCUT2D eigenvalue weighted by Crippen LogP contribution is 2.43. The van der Waals surface area contributed by atoms with Crippen molar-refractivity contribution in [2.24, 2.45) is 0 Å². The maximum absolute atomic E-state index is 11.2. The van der Waals surface area contributed by atoms with E-state index in [1.165, 1.54) is 45.6 Å². The highest BCUT2D eigenvalue weighted by atomic mass is 16.5. The van der Waals surface area contributed by atoms with Gasteiger partial charge in [0.2, 0.25) is 0 Å². The van der Waals surface area contributed by atoms with Crippen molar-refractivity contribution in [3.63, 3.8) is 0 Å². The fourth-order valence-electron chi connectivity index (χ4n) is 3.43. The number of carbonyl (C=O) groups is 1. The summed E-state index contributed by atoms with van der Waals surface area (Å²) in [6.45, 7) is 4.83. The van der Waals surface area contributed by atoms with Gasteiger partial charge in [0.25, 0.3) is 0 Å². The van der Waals surface area contributed by atoms with E-state index in [2.05, 4.69) is 11.8 Å². The highest BCUT2D eigenvalue weighted by molar-refractivity contribution is 5.69. The summed E-state index contributed by atoms with van der Waals surface area (Å²) in [4.78, 5) is 13.5. The lowest BCUT2D eigenvalue weighted by molar-refractivity contribution is -0.141. The molecule has 1 aliphatic heterocycles. The second-order valence-corrected chi connectivity index (χ2v) is 5.89. The lowest BCUT2D eigenvalue weighted by Crippen LogP contribution is -2.35. The first kappa shape index (κ1) is 14.8. The van der Waals surface area contributed by atoms with Crippen molar-refractivity contribution in [1.82, 2.24) is 4.90 Å². The summed E-state index contributed by atoms with van der Waals surface area (Å²) < 4.78 is 11.0. The molecule has 0 aromatic carbocycles. The first-order chi connectivity index (χ1) is 9.17. The minimum Gasteiger partial charge on any atom is -0.469 e. The SMILES string of the molecule is CCN(CCC(=O)OC)CC1CCC2(CCCC2)O1. The lowest BCUT2D eigenvalue weighted by Gasteiger charge is -2.27. The molecule has 4 nitrogen and oxygen atoms in total. The Bertz CT molecular complexity index is 300. The highest BCUT2D eigenvalue weighted by Gasteiger charge is 2.42. The van der Waals surface area contributed by atoms with E-state index in [-0.39, 0.29) is 11.6 Å². The lowest BCUT2D eigenvalue weighted by atomic mass is 9.98. The summed E-state index contributed by atoms with van der Waals surface area (Å²) in [6, 6.07) is 0. The predicted octanol–water partition coefficient (Wildman–Crippen LogP) is 2.36. The maximum Gasteiger partial charge on any atom is 0.306 e. The number of methoxy groups -OCH3 is 1. The van der Waals surface area contributed by atoms with Gasteiger partial charge in [-0.3, -0.25) is 4.79 Å². The van der Waals surface area contributed by atoms with E-state index < -0.39 is 0 Å². The minimum absolute atomic E-state index is 0.127. The van der Waals surface area contributed by atoms with Crippen molar-refractivity contribution in [2.45, 2.75) is 63.6 Å². The molecule has 0 N–H and O–H groups in total. The third-order valence-corrected chi connectivity index (χ3v) is 4.62. The van der Waals surface area contributed by atoms with E-state index in [0.717, 1.165) is 19.6 Å². The molecule has 2 aliphatic rings.